The molecule has 0 fully saturated rings. The zero-order valence-corrected chi connectivity index (χ0v) is 17.0. The fourth-order valence-corrected chi connectivity index (χ4v) is 5.16. The van der Waals surface area contributed by atoms with Crippen LogP contribution in [0.2, 0.25) is 4.47 Å². The molecule has 0 spiro atoms. The summed E-state index contributed by atoms with van der Waals surface area (Å²) < 4.78 is 18.7. The van der Waals surface area contributed by atoms with Crippen LogP contribution in [0.15, 0.2) is 59.0 Å². The highest BCUT2D eigenvalue weighted by atomic mass is 35.5. The molecule has 0 N–H and O–H groups in total. The normalized spacial score (nSPS) is 11.5. The van der Waals surface area contributed by atoms with Crippen LogP contribution in [0.1, 0.15) is 4.88 Å². The van der Waals surface area contributed by atoms with E-state index in [0.717, 1.165) is 15.0 Å². The van der Waals surface area contributed by atoms with Gasteiger partial charge in [0.25, 0.3) is 5.65 Å². The number of thiazole rings is 1. The average molecular weight is 444 g/mol. The second-order valence-electron chi connectivity index (χ2n) is 6.34. The quantitative estimate of drug-likeness (QED) is 0.398. The molecule has 144 valence electrons. The van der Waals surface area contributed by atoms with Gasteiger partial charge in [-0.1, -0.05) is 29.8 Å². The molecule has 1 aromatic carbocycles. The number of aromatic nitrogens is 3. The van der Waals surface area contributed by atoms with E-state index in [9.17, 15) is 14.3 Å². The Balaban J connectivity index is 1.92. The number of halogens is 2. The molecule has 9 heteroatoms. The average Bonchev–Trinajstić information content (AvgIpc) is 3.35. The summed E-state index contributed by atoms with van der Waals surface area (Å²) in [5.74, 6) is -1.17. The van der Waals surface area contributed by atoms with Crippen LogP contribution in [0.25, 0.3) is 26.9 Å². The smallest absolute Gasteiger partial charge is 0.349 e. The Morgan fingerprint density at radius 3 is 2.83 bits per heavy atom. The Labute approximate surface area is 176 Å². The lowest BCUT2D eigenvalue weighted by atomic mass is 10.1. The zero-order chi connectivity index (χ0) is 20.1. The summed E-state index contributed by atoms with van der Waals surface area (Å²) in [5.41, 5.74) is -0.311. The third-order valence-electron chi connectivity index (χ3n) is 4.67. The highest BCUT2D eigenvalue weighted by Gasteiger charge is 2.24. The van der Waals surface area contributed by atoms with Crippen LogP contribution in [0, 0.1) is 5.82 Å². The summed E-state index contributed by atoms with van der Waals surface area (Å²) >= 11 is 8.72. The highest BCUT2D eigenvalue weighted by Crippen LogP contribution is 2.28. The van der Waals surface area contributed by atoms with Gasteiger partial charge in [0, 0.05) is 16.5 Å². The molecule has 0 unspecified atom stereocenters. The number of thiophene rings is 1. The van der Waals surface area contributed by atoms with Crippen molar-refractivity contribution in [3.63, 3.8) is 0 Å². The second-order valence-corrected chi connectivity index (χ2v) is 8.98. The van der Waals surface area contributed by atoms with Crippen LogP contribution in [-0.4, -0.2) is 9.38 Å². The molecular formula is C20H11ClFN3O2S2. The van der Waals surface area contributed by atoms with Crippen molar-refractivity contribution in [2.45, 2.75) is 6.54 Å². The Morgan fingerprint density at radius 2 is 2.07 bits per heavy atom. The third-order valence-corrected chi connectivity index (χ3v) is 6.65. The minimum atomic E-state index is -0.620. The van der Waals surface area contributed by atoms with Crippen LogP contribution >= 0.6 is 34.3 Å². The lowest BCUT2D eigenvalue weighted by Crippen LogP contribution is -2.44. The Hall–Kier alpha value is -2.81. The minimum absolute atomic E-state index is 0.0154. The van der Waals surface area contributed by atoms with Gasteiger partial charge in [-0.25, -0.2) is 18.7 Å². The van der Waals surface area contributed by atoms with Crippen LogP contribution in [0.5, 0.6) is 5.88 Å². The van der Waals surface area contributed by atoms with Crippen molar-refractivity contribution < 1.29 is 14.1 Å². The van der Waals surface area contributed by atoms with E-state index < -0.39 is 17.3 Å². The van der Waals surface area contributed by atoms with E-state index in [0.29, 0.717) is 10.1 Å². The molecule has 0 saturated carbocycles. The van der Waals surface area contributed by atoms with E-state index >= 15 is 0 Å². The van der Waals surface area contributed by atoms with Gasteiger partial charge in [-0.05, 0) is 23.6 Å². The highest BCUT2D eigenvalue weighted by molar-refractivity contribution is 7.17. The first-order valence-electron chi connectivity index (χ1n) is 8.55. The summed E-state index contributed by atoms with van der Waals surface area (Å²) in [7, 11) is 0. The van der Waals surface area contributed by atoms with Gasteiger partial charge in [0.15, 0.2) is 4.47 Å². The number of rotatable bonds is 3. The van der Waals surface area contributed by atoms with Crippen molar-refractivity contribution in [2.75, 3.05) is 0 Å². The Bertz CT molecular complexity index is 1460. The van der Waals surface area contributed by atoms with Crippen molar-refractivity contribution in [2.24, 2.45) is 0 Å². The number of benzene rings is 1. The molecule has 4 aromatic heterocycles. The van der Waals surface area contributed by atoms with Crippen LogP contribution in [0.4, 0.5) is 4.39 Å². The molecule has 5 nitrogen and oxygen atoms in total. The van der Waals surface area contributed by atoms with Gasteiger partial charge in [-0.3, -0.25) is 0 Å². The van der Waals surface area contributed by atoms with E-state index in [1.165, 1.54) is 49.8 Å². The molecule has 0 saturated heterocycles. The van der Waals surface area contributed by atoms with E-state index in [4.69, 9.17) is 11.6 Å². The first-order valence-corrected chi connectivity index (χ1v) is 10.6. The summed E-state index contributed by atoms with van der Waals surface area (Å²) in [4.78, 5) is 18.0. The number of hydrogen-bond acceptors (Lipinski definition) is 5. The molecule has 5 aromatic rings. The van der Waals surface area contributed by atoms with E-state index in [1.54, 1.807) is 18.5 Å². The standard InChI is InChI=1S/C20H11ClFN3O2S2/c21-20-23-9-11(29-20)10-25-17-13-6-8-28-15(13)5-7-24(17)18(26)16(19(25)27)12-3-1-2-4-14(12)22/h1-9H,10H2. The monoisotopic (exact) mass is 443 g/mol. The number of fused-ring (bicyclic) bond motifs is 3. The van der Waals surface area contributed by atoms with Crippen LogP contribution in [0.3, 0.4) is 0 Å². The van der Waals surface area contributed by atoms with Crippen molar-refractivity contribution in [1.82, 2.24) is 9.38 Å². The molecule has 0 aliphatic rings. The van der Waals surface area contributed by atoms with Gasteiger partial charge < -0.3 is 5.11 Å². The SMILES string of the molecule is O=c1c(-c2ccccc2F)c([O-])[n+](Cc2cnc(Cl)s2)c2c3ccsc3ccn12. The maximum Gasteiger partial charge on any atom is 0.349 e. The maximum absolute atomic E-state index is 14.5. The summed E-state index contributed by atoms with van der Waals surface area (Å²) in [5, 5.41) is 16.2. The van der Waals surface area contributed by atoms with Crippen molar-refractivity contribution in [3.05, 3.63) is 79.7 Å². The first kappa shape index (κ1) is 18.2. The van der Waals surface area contributed by atoms with E-state index in [2.05, 4.69) is 4.98 Å². The van der Waals surface area contributed by atoms with Gasteiger partial charge in [0.2, 0.25) is 0 Å². The molecule has 0 aliphatic heterocycles. The number of nitrogens with zero attached hydrogens (tertiary/aromatic N) is 3. The molecule has 0 bridgehead atoms. The summed E-state index contributed by atoms with van der Waals surface area (Å²) in [6.45, 7) is 0.170. The predicted octanol–water partition coefficient (Wildman–Crippen LogP) is 3.84. The Morgan fingerprint density at radius 1 is 1.24 bits per heavy atom. The molecule has 0 amide bonds. The third kappa shape index (κ3) is 2.91. The first-order chi connectivity index (χ1) is 14.0. The molecule has 0 aliphatic carbocycles. The van der Waals surface area contributed by atoms with Gasteiger partial charge >= 0.3 is 5.56 Å². The summed E-state index contributed by atoms with van der Waals surface area (Å²) in [6, 6.07) is 9.48. The fourth-order valence-electron chi connectivity index (χ4n) is 3.41. The zero-order valence-electron chi connectivity index (χ0n) is 14.6. The number of pyridine rings is 1. The molecule has 0 atom stereocenters. The van der Waals surface area contributed by atoms with Crippen molar-refractivity contribution in [3.8, 4) is 17.0 Å². The van der Waals surface area contributed by atoms with Crippen LogP contribution < -0.4 is 15.2 Å². The van der Waals surface area contributed by atoms with Gasteiger partial charge in [0.1, 0.15) is 24.1 Å². The Kier molecular flexibility index (Phi) is 4.34. The van der Waals surface area contributed by atoms with Crippen molar-refractivity contribution in [1.29, 1.82) is 0 Å². The fraction of sp³-hybridized carbons (Fsp3) is 0.0500. The van der Waals surface area contributed by atoms with Gasteiger partial charge in [0.05, 0.1) is 16.1 Å². The molecule has 0 radical (unpaired) electrons. The lowest BCUT2D eigenvalue weighted by molar-refractivity contribution is -0.707. The van der Waals surface area contributed by atoms with Gasteiger partial charge in [-0.2, -0.15) is 4.40 Å². The molecule has 5 rings (SSSR count). The molecule has 4 heterocycles. The lowest BCUT2D eigenvalue weighted by Gasteiger charge is -2.17. The van der Waals surface area contributed by atoms with Crippen LogP contribution in [-0.2, 0) is 6.54 Å². The van der Waals surface area contributed by atoms with E-state index in [1.807, 2.05) is 17.5 Å². The maximum atomic E-state index is 14.5. The number of hydrogen-bond donors (Lipinski definition) is 0. The van der Waals surface area contributed by atoms with Gasteiger partial charge in [-0.15, -0.1) is 22.7 Å². The van der Waals surface area contributed by atoms with E-state index in [-0.39, 0.29) is 17.7 Å². The topological polar surface area (TPSA) is 61.3 Å². The molecular weight excluding hydrogens is 433 g/mol. The largest absolute Gasteiger partial charge is 0.842 e. The predicted molar refractivity (Wildman–Crippen MR) is 110 cm³/mol. The minimum Gasteiger partial charge on any atom is -0.842 e. The molecule has 29 heavy (non-hydrogen) atoms. The van der Waals surface area contributed by atoms with Crippen molar-refractivity contribution >= 4 is 50.0 Å². The summed E-state index contributed by atoms with van der Waals surface area (Å²) in [6.07, 6.45) is 3.22. The second kappa shape index (κ2) is 6.91.